The van der Waals surface area contributed by atoms with E-state index in [2.05, 4.69) is 37.0 Å². The minimum atomic E-state index is -0.583. The summed E-state index contributed by atoms with van der Waals surface area (Å²) < 4.78 is 0. The zero-order valence-corrected chi connectivity index (χ0v) is 14.0. The number of aliphatic hydroxyl groups excluding tert-OH is 1. The average Bonchev–Trinajstić information content (AvgIpc) is 2.60. The zero-order chi connectivity index (χ0) is 14.0. The molecule has 20 heavy (non-hydrogen) atoms. The molecule has 0 fully saturated rings. The average molecular weight is 448 g/mol. The van der Waals surface area contributed by atoms with Crippen molar-refractivity contribution < 1.29 is 30.0 Å². The number of carboxylic acid groups (broad SMARTS) is 1. The number of rotatable bonds is 0. The van der Waals surface area contributed by atoms with Crippen molar-refractivity contribution in [1.82, 2.24) is 4.98 Å². The number of carboxylic acids is 1. The maximum absolute atomic E-state index is 7.53. The third kappa shape index (κ3) is 2.97. The number of hydrogen-bond acceptors (Lipinski definition) is 1. The molecule has 4 heteroatoms. The minimum absolute atomic E-state index is 0. The van der Waals surface area contributed by atoms with Gasteiger partial charge in [-0.1, -0.05) is 25.5 Å². The monoisotopic (exact) mass is 448 g/mol. The number of fused-ring (bicyclic) bond motifs is 3. The quantitative estimate of drug-likeness (QED) is 0.498. The normalized spacial score (nSPS) is 13.2. The molecule has 2 N–H and O–H groups in total. The Morgan fingerprint density at radius 3 is 2.50 bits per heavy atom. The number of benzene rings is 1. The Hall–Kier alpha value is -1.51. The molecule has 3 nitrogen and oxygen atoms in total. The van der Waals surface area contributed by atoms with Crippen LogP contribution in [0.1, 0.15) is 31.9 Å². The van der Waals surface area contributed by atoms with Crippen LogP contribution >= 0.6 is 0 Å². The molecule has 1 aromatic heterocycles. The molecule has 0 saturated heterocycles. The van der Waals surface area contributed by atoms with E-state index < -0.39 is 5.97 Å². The van der Waals surface area contributed by atoms with E-state index in [1.165, 1.54) is 18.1 Å². The Morgan fingerprint density at radius 2 is 1.85 bits per heavy atom. The van der Waals surface area contributed by atoms with Gasteiger partial charge in [-0.25, -0.2) is 0 Å². The van der Waals surface area contributed by atoms with Crippen LogP contribution in [0.2, 0.25) is 0 Å². The summed E-state index contributed by atoms with van der Waals surface area (Å²) >= 11 is 0. The maximum atomic E-state index is 7.53. The zero-order valence-electron chi connectivity index (χ0n) is 11.6. The van der Waals surface area contributed by atoms with Crippen LogP contribution in [0.4, 0.5) is 0 Å². The fraction of sp³-hybridized carbons (Fsp3) is 0.250. The van der Waals surface area contributed by atoms with Crippen LogP contribution in [-0.2, 0) is 25.5 Å². The predicted octanol–water partition coefficient (Wildman–Crippen LogP) is 3.25. The van der Waals surface area contributed by atoms with Gasteiger partial charge in [-0.2, -0.15) is 0 Å². The van der Waals surface area contributed by atoms with Gasteiger partial charge in [-0.05, 0) is 17.2 Å². The molecule has 1 aliphatic rings. The van der Waals surface area contributed by atoms with Crippen molar-refractivity contribution in [2.75, 3.05) is 0 Å². The molecule has 1 radical (unpaired) electrons. The van der Waals surface area contributed by atoms with Crippen LogP contribution in [0.15, 0.2) is 36.5 Å². The number of pyridine rings is 1. The van der Waals surface area contributed by atoms with Crippen LogP contribution in [0, 0.1) is 6.07 Å². The Balaban J connectivity index is 0.000000359. The summed E-state index contributed by atoms with van der Waals surface area (Å²) in [6.07, 6.45) is 1.85. The first kappa shape index (κ1) is 16.5. The van der Waals surface area contributed by atoms with Gasteiger partial charge < -0.3 is 14.9 Å². The second-order valence-electron chi connectivity index (χ2n) is 5.03. The van der Waals surface area contributed by atoms with E-state index in [0.29, 0.717) is 0 Å². The molecule has 1 heterocycles. The second kappa shape index (κ2) is 6.29. The third-order valence-corrected chi connectivity index (χ3v) is 3.25. The van der Waals surface area contributed by atoms with E-state index in [9.17, 15) is 0 Å². The summed E-state index contributed by atoms with van der Waals surface area (Å²) in [5.41, 5.74) is 4.97. The molecular formula is C16H17IrNO2. The van der Waals surface area contributed by atoms with Gasteiger partial charge in [0, 0.05) is 26.3 Å². The van der Waals surface area contributed by atoms with E-state index in [4.69, 9.17) is 9.90 Å². The van der Waals surface area contributed by atoms with E-state index >= 15 is 0 Å². The first-order chi connectivity index (χ1) is 8.94. The molecule has 2 aromatic rings. The minimum Gasteiger partial charge on any atom is -0.339 e. The van der Waals surface area contributed by atoms with Crippen molar-refractivity contribution in [3.8, 4) is 11.3 Å². The SMILES string of the molecule is CC(O)=[OH+].CC1(C)c2ccc[c-]c2-c2ncccc21.[Ir]. The molecule has 0 saturated carbocycles. The van der Waals surface area contributed by atoms with Crippen molar-refractivity contribution >= 4 is 5.97 Å². The topological polar surface area (TPSA) is 54.5 Å². The number of hydrogen-bond donors (Lipinski definition) is 1. The van der Waals surface area contributed by atoms with E-state index in [-0.39, 0.29) is 25.5 Å². The molecule has 0 aliphatic heterocycles. The summed E-state index contributed by atoms with van der Waals surface area (Å²) in [5.74, 6) is -0.583. The molecule has 0 spiro atoms. The van der Waals surface area contributed by atoms with E-state index in [1.54, 1.807) is 0 Å². The number of aliphatic carboxylic acids is 1. The van der Waals surface area contributed by atoms with Gasteiger partial charge in [0.15, 0.2) is 0 Å². The van der Waals surface area contributed by atoms with Gasteiger partial charge in [0.05, 0.1) is 6.92 Å². The number of nitrogens with zero attached hydrogens (tertiary/aromatic N) is 1. The smallest absolute Gasteiger partial charge is 0.339 e. The van der Waals surface area contributed by atoms with Crippen LogP contribution in [0.25, 0.3) is 11.3 Å². The summed E-state index contributed by atoms with van der Waals surface area (Å²) in [6, 6.07) is 13.6. The second-order valence-corrected chi connectivity index (χ2v) is 5.03. The largest absolute Gasteiger partial charge is 0.477 e. The molecule has 0 bridgehead atoms. The van der Waals surface area contributed by atoms with Crippen LogP contribution in [0.3, 0.4) is 0 Å². The van der Waals surface area contributed by atoms with Gasteiger partial charge >= 0.3 is 5.97 Å². The van der Waals surface area contributed by atoms with Crippen molar-refractivity contribution in [3.63, 3.8) is 0 Å². The fourth-order valence-corrected chi connectivity index (χ4v) is 2.41. The third-order valence-electron chi connectivity index (χ3n) is 3.25. The molecule has 107 valence electrons. The standard InChI is InChI=1S/C14H12N.C2H4O2.Ir/c1-14(2)11-7-4-3-6-10(11)13-12(14)8-5-9-15-13;1-2(3)4;/h3-5,7-9H,1-2H3;1H3,(H,3,4);/q-1;;/p+1. The Morgan fingerprint density at radius 1 is 1.25 bits per heavy atom. The van der Waals surface area contributed by atoms with Crippen LogP contribution in [0.5, 0.6) is 0 Å². The van der Waals surface area contributed by atoms with E-state index in [0.717, 1.165) is 11.3 Å². The molecule has 0 amide bonds. The van der Waals surface area contributed by atoms with Crippen LogP contribution < -0.4 is 0 Å². The van der Waals surface area contributed by atoms with Gasteiger partial charge in [0.2, 0.25) is 0 Å². The van der Waals surface area contributed by atoms with Crippen molar-refractivity contribution in [2.45, 2.75) is 26.2 Å². The molecule has 1 aromatic carbocycles. The van der Waals surface area contributed by atoms with Crippen molar-refractivity contribution in [1.29, 1.82) is 0 Å². The predicted molar refractivity (Wildman–Crippen MR) is 75.9 cm³/mol. The van der Waals surface area contributed by atoms with Crippen LogP contribution in [-0.4, -0.2) is 20.9 Å². The van der Waals surface area contributed by atoms with Gasteiger partial charge in [-0.15, -0.1) is 35.4 Å². The molecule has 0 unspecified atom stereocenters. The Kier molecular flexibility index (Phi) is 5.21. The molecule has 0 atom stereocenters. The van der Waals surface area contributed by atoms with Crippen molar-refractivity contribution in [3.05, 3.63) is 53.7 Å². The molecular weight excluding hydrogens is 430 g/mol. The summed E-state index contributed by atoms with van der Waals surface area (Å²) in [5, 5.41) is 7.53. The molecule has 1 aliphatic carbocycles. The Labute approximate surface area is 132 Å². The van der Waals surface area contributed by atoms with Gasteiger partial charge in [-0.3, -0.25) is 0 Å². The van der Waals surface area contributed by atoms with Gasteiger partial charge in [0.25, 0.3) is 0 Å². The van der Waals surface area contributed by atoms with Crippen molar-refractivity contribution in [2.24, 2.45) is 0 Å². The van der Waals surface area contributed by atoms with Gasteiger partial charge in [0.1, 0.15) is 0 Å². The van der Waals surface area contributed by atoms with E-state index in [1.807, 2.05) is 24.4 Å². The molecule has 3 rings (SSSR count). The number of aromatic nitrogens is 1. The first-order valence-corrected chi connectivity index (χ1v) is 6.13. The summed E-state index contributed by atoms with van der Waals surface area (Å²) in [7, 11) is 0. The summed E-state index contributed by atoms with van der Waals surface area (Å²) in [6.45, 7) is 5.68. The first-order valence-electron chi connectivity index (χ1n) is 6.13. The Bertz CT molecular complexity index is 572. The summed E-state index contributed by atoms with van der Waals surface area (Å²) in [4.78, 5) is 12.0. The fourth-order valence-electron chi connectivity index (χ4n) is 2.41. The maximum Gasteiger partial charge on any atom is 0.477 e.